The van der Waals surface area contributed by atoms with Crippen molar-refractivity contribution in [3.8, 4) is 0 Å². The van der Waals surface area contributed by atoms with E-state index in [2.05, 4.69) is 4.98 Å². The Morgan fingerprint density at radius 3 is 2.86 bits per heavy atom. The normalized spacial score (nSPS) is 11.1. The van der Waals surface area contributed by atoms with Crippen LogP contribution in [0.4, 0.5) is 8.78 Å². The van der Waals surface area contributed by atoms with Crippen molar-refractivity contribution in [2.75, 3.05) is 0 Å². The third kappa shape index (κ3) is 1.87. The van der Waals surface area contributed by atoms with Crippen LogP contribution in [0.2, 0.25) is 0 Å². The quantitative estimate of drug-likeness (QED) is 0.714. The second-order valence-corrected chi connectivity index (χ2v) is 3.13. The third-order valence-corrected chi connectivity index (χ3v) is 2.06. The van der Waals surface area contributed by atoms with E-state index in [0.29, 0.717) is 5.56 Å². The number of hydrogen-bond acceptors (Lipinski definition) is 1. The number of fused-ring (bicyclic) bond motifs is 1. The van der Waals surface area contributed by atoms with E-state index in [1.807, 2.05) is 18.2 Å². The summed E-state index contributed by atoms with van der Waals surface area (Å²) in [7, 11) is 0. The highest BCUT2D eigenvalue weighted by atomic mass is 19.3. The van der Waals surface area contributed by atoms with Crippen molar-refractivity contribution in [1.82, 2.24) is 4.98 Å². The molecular weight excluding hydrogens is 184 g/mol. The van der Waals surface area contributed by atoms with Crippen LogP contribution in [0.5, 0.6) is 0 Å². The average molecular weight is 193 g/mol. The average Bonchev–Trinajstić information content (AvgIpc) is 2.17. The number of benzene rings is 1. The maximum absolute atomic E-state index is 12.1. The smallest absolute Gasteiger partial charge is 0.242 e. The highest BCUT2D eigenvalue weighted by molar-refractivity contribution is 5.78. The second kappa shape index (κ2) is 3.70. The molecule has 0 N–H and O–H groups in total. The molecule has 0 unspecified atom stereocenters. The predicted molar refractivity (Wildman–Crippen MR) is 51.5 cm³/mol. The molecule has 1 aromatic heterocycles. The van der Waals surface area contributed by atoms with Gasteiger partial charge in [0.15, 0.2) is 0 Å². The number of hydrogen-bond donors (Lipinski definition) is 0. The van der Waals surface area contributed by atoms with Crippen LogP contribution >= 0.6 is 0 Å². The molecular formula is C11H9F2N. The molecule has 0 bridgehead atoms. The van der Waals surface area contributed by atoms with Crippen LogP contribution in [0.1, 0.15) is 5.56 Å². The largest absolute Gasteiger partial charge is 0.256 e. The van der Waals surface area contributed by atoms with Crippen molar-refractivity contribution in [1.29, 1.82) is 0 Å². The zero-order chi connectivity index (χ0) is 9.97. The van der Waals surface area contributed by atoms with Crippen LogP contribution in [-0.4, -0.2) is 11.4 Å². The number of rotatable bonds is 2. The van der Waals surface area contributed by atoms with Crippen LogP contribution in [0.3, 0.4) is 0 Å². The Labute approximate surface area is 80.4 Å². The summed E-state index contributed by atoms with van der Waals surface area (Å²) in [6, 6.07) is 8.99. The van der Waals surface area contributed by atoms with E-state index in [1.165, 1.54) is 0 Å². The summed E-state index contributed by atoms with van der Waals surface area (Å²) in [5.41, 5.74) is 1.40. The molecule has 0 spiro atoms. The van der Waals surface area contributed by atoms with Gasteiger partial charge in [-0.25, -0.2) is 8.78 Å². The molecule has 14 heavy (non-hydrogen) atoms. The molecule has 0 fully saturated rings. The van der Waals surface area contributed by atoms with Gasteiger partial charge < -0.3 is 0 Å². The first-order chi connectivity index (χ1) is 6.75. The van der Waals surface area contributed by atoms with Crippen LogP contribution in [0.15, 0.2) is 36.5 Å². The summed E-state index contributed by atoms with van der Waals surface area (Å²) in [5, 5.41) is 0.977. The molecule has 3 heteroatoms. The van der Waals surface area contributed by atoms with Gasteiger partial charge in [0.1, 0.15) is 0 Å². The minimum absolute atomic E-state index is 0.202. The van der Waals surface area contributed by atoms with Gasteiger partial charge in [-0.15, -0.1) is 0 Å². The first-order valence-electron chi connectivity index (χ1n) is 4.37. The Morgan fingerprint density at radius 2 is 2.07 bits per heavy atom. The van der Waals surface area contributed by atoms with E-state index in [0.717, 1.165) is 10.9 Å². The van der Waals surface area contributed by atoms with E-state index < -0.39 is 6.43 Å². The van der Waals surface area contributed by atoms with Crippen LogP contribution in [0, 0.1) is 0 Å². The van der Waals surface area contributed by atoms with Crippen molar-refractivity contribution in [2.45, 2.75) is 12.8 Å². The zero-order valence-corrected chi connectivity index (χ0v) is 7.45. The number of aromatic nitrogens is 1. The summed E-state index contributed by atoms with van der Waals surface area (Å²) in [6.45, 7) is 0. The minimum atomic E-state index is -2.30. The molecule has 72 valence electrons. The molecule has 1 heterocycles. The van der Waals surface area contributed by atoms with E-state index in [4.69, 9.17) is 0 Å². The summed E-state index contributed by atoms with van der Waals surface area (Å²) < 4.78 is 24.2. The van der Waals surface area contributed by atoms with Crippen LogP contribution in [0.25, 0.3) is 10.9 Å². The Hall–Kier alpha value is -1.51. The topological polar surface area (TPSA) is 12.9 Å². The monoisotopic (exact) mass is 193 g/mol. The molecule has 0 saturated carbocycles. The molecule has 1 aromatic carbocycles. The molecule has 0 amide bonds. The lowest BCUT2D eigenvalue weighted by Gasteiger charge is -2.01. The van der Waals surface area contributed by atoms with Gasteiger partial charge >= 0.3 is 0 Å². The van der Waals surface area contributed by atoms with Crippen LogP contribution < -0.4 is 0 Å². The van der Waals surface area contributed by atoms with Gasteiger partial charge in [0, 0.05) is 18.0 Å². The van der Waals surface area contributed by atoms with Gasteiger partial charge in [0.25, 0.3) is 0 Å². The fourth-order valence-electron chi connectivity index (χ4n) is 1.42. The summed E-state index contributed by atoms with van der Waals surface area (Å²) in [4.78, 5) is 4.10. The lowest BCUT2D eigenvalue weighted by molar-refractivity contribution is 0.149. The fraction of sp³-hybridized carbons (Fsp3) is 0.182. The molecule has 0 aliphatic heterocycles. The molecule has 0 aliphatic rings. The first kappa shape index (κ1) is 9.06. The first-order valence-corrected chi connectivity index (χ1v) is 4.37. The van der Waals surface area contributed by atoms with Crippen molar-refractivity contribution >= 4 is 10.9 Å². The summed E-state index contributed by atoms with van der Waals surface area (Å²) in [6.07, 6.45) is -0.836. The van der Waals surface area contributed by atoms with Gasteiger partial charge in [-0.1, -0.05) is 18.2 Å². The molecule has 0 aliphatic carbocycles. The van der Waals surface area contributed by atoms with Gasteiger partial charge in [-0.3, -0.25) is 4.98 Å². The highest BCUT2D eigenvalue weighted by Gasteiger charge is 2.04. The highest BCUT2D eigenvalue weighted by Crippen LogP contribution is 2.15. The fourth-order valence-corrected chi connectivity index (χ4v) is 1.42. The van der Waals surface area contributed by atoms with E-state index in [-0.39, 0.29) is 6.42 Å². The summed E-state index contributed by atoms with van der Waals surface area (Å²) >= 11 is 0. The van der Waals surface area contributed by atoms with Crippen molar-refractivity contribution < 1.29 is 8.78 Å². The van der Waals surface area contributed by atoms with E-state index in [1.54, 1.807) is 18.3 Å². The number of nitrogens with zero attached hydrogens (tertiary/aromatic N) is 1. The molecule has 0 saturated heterocycles. The van der Waals surface area contributed by atoms with E-state index in [9.17, 15) is 8.78 Å². The van der Waals surface area contributed by atoms with Crippen molar-refractivity contribution in [3.05, 3.63) is 42.1 Å². The third-order valence-electron chi connectivity index (χ3n) is 2.06. The lowest BCUT2D eigenvalue weighted by Crippen LogP contribution is -1.96. The van der Waals surface area contributed by atoms with E-state index >= 15 is 0 Å². The van der Waals surface area contributed by atoms with Crippen molar-refractivity contribution in [2.24, 2.45) is 0 Å². The SMILES string of the molecule is FC(F)Cc1ccc2cccnc2c1. The Bertz CT molecular complexity index is 440. The molecule has 2 aromatic rings. The lowest BCUT2D eigenvalue weighted by atomic mass is 10.1. The summed E-state index contributed by atoms with van der Waals surface area (Å²) in [5.74, 6) is 0. The predicted octanol–water partition coefficient (Wildman–Crippen LogP) is 3.04. The molecule has 0 radical (unpaired) electrons. The molecule has 0 atom stereocenters. The zero-order valence-electron chi connectivity index (χ0n) is 7.45. The number of halogens is 2. The second-order valence-electron chi connectivity index (χ2n) is 3.13. The molecule has 1 nitrogen and oxygen atoms in total. The Kier molecular flexibility index (Phi) is 2.39. The number of alkyl halides is 2. The maximum Gasteiger partial charge on any atom is 0.242 e. The maximum atomic E-state index is 12.1. The van der Waals surface area contributed by atoms with Crippen LogP contribution in [-0.2, 0) is 6.42 Å². The van der Waals surface area contributed by atoms with Crippen molar-refractivity contribution in [3.63, 3.8) is 0 Å². The molecule has 2 rings (SSSR count). The van der Waals surface area contributed by atoms with Gasteiger partial charge in [0.05, 0.1) is 5.52 Å². The Morgan fingerprint density at radius 1 is 1.21 bits per heavy atom. The number of pyridine rings is 1. The van der Waals surface area contributed by atoms with Gasteiger partial charge in [-0.05, 0) is 17.7 Å². The van der Waals surface area contributed by atoms with Gasteiger partial charge in [0.2, 0.25) is 6.43 Å². The minimum Gasteiger partial charge on any atom is -0.256 e. The Balaban J connectivity index is 2.41. The standard InChI is InChI=1S/C11H9F2N/c12-11(13)7-8-3-4-9-2-1-5-14-10(9)6-8/h1-6,11H,7H2. The van der Waals surface area contributed by atoms with Gasteiger partial charge in [-0.2, -0.15) is 0 Å².